The van der Waals surface area contributed by atoms with Gasteiger partial charge in [0.05, 0.1) is 5.60 Å². The van der Waals surface area contributed by atoms with E-state index >= 15 is 0 Å². The molecule has 0 unspecified atom stereocenters. The first-order valence-electron chi connectivity index (χ1n) is 11.7. The Morgan fingerprint density at radius 3 is 2.73 bits per heavy atom. The predicted octanol–water partition coefficient (Wildman–Crippen LogP) is 5.08. The van der Waals surface area contributed by atoms with Crippen LogP contribution in [0.25, 0.3) is 0 Å². The van der Waals surface area contributed by atoms with E-state index in [2.05, 4.69) is 20.1 Å². The summed E-state index contributed by atoms with van der Waals surface area (Å²) in [6.45, 7) is 10.4. The lowest BCUT2D eigenvalue weighted by Gasteiger charge is -2.59. The maximum Gasteiger partial charge on any atom is 0.303 e. The molecular weight excluding hydrogens is 376 g/mol. The van der Waals surface area contributed by atoms with Gasteiger partial charge in [0.25, 0.3) is 0 Å². The molecule has 3 fully saturated rings. The van der Waals surface area contributed by atoms with Crippen LogP contribution in [-0.4, -0.2) is 27.6 Å². The molecule has 2 N–H and O–H groups in total. The molecule has 4 heteroatoms. The van der Waals surface area contributed by atoms with Crippen molar-refractivity contribution in [3.05, 3.63) is 36.5 Å². The number of allylic oxidation sites excluding steroid dienone is 2. The smallest absolute Gasteiger partial charge is 0.303 e. The minimum absolute atomic E-state index is 0.0221. The zero-order chi connectivity index (χ0) is 21.7. The second-order valence-electron chi connectivity index (χ2n) is 10.5. The van der Waals surface area contributed by atoms with Crippen LogP contribution in [-0.2, 0) is 9.59 Å². The lowest BCUT2D eigenvalue weighted by molar-refractivity contribution is -0.137. The standard InChI is InChI=1S/C26H36O4/c1-4-5-18-15-25(3)22(12-13-26(25,30)16(2)6-11-23(28)29)21-9-7-17-14-19(27)8-10-20(17)24(18)21/h4,14,18,20-22,24,30H,1-2,5-13,15H2,3H3,(H,28,29)/t18-,20-,21-,22-,24+,25-,26+/m0/s1. The van der Waals surface area contributed by atoms with Crippen LogP contribution < -0.4 is 0 Å². The number of ketones is 1. The zero-order valence-corrected chi connectivity index (χ0v) is 18.2. The summed E-state index contributed by atoms with van der Waals surface area (Å²) in [6, 6.07) is 0. The van der Waals surface area contributed by atoms with Crippen molar-refractivity contribution in [3.8, 4) is 0 Å². The average molecular weight is 413 g/mol. The van der Waals surface area contributed by atoms with Gasteiger partial charge in [-0.15, -0.1) is 6.58 Å². The highest BCUT2D eigenvalue weighted by molar-refractivity contribution is 5.91. The molecule has 4 aliphatic rings. The third-order valence-corrected chi connectivity index (χ3v) is 9.27. The van der Waals surface area contributed by atoms with Crippen LogP contribution >= 0.6 is 0 Å². The maximum atomic E-state index is 12.0. The molecule has 0 aliphatic heterocycles. The lowest BCUT2D eigenvalue weighted by Crippen LogP contribution is -2.56. The number of carboxylic acid groups (broad SMARTS) is 1. The van der Waals surface area contributed by atoms with Crippen molar-refractivity contribution in [2.24, 2.45) is 35.0 Å². The van der Waals surface area contributed by atoms with Gasteiger partial charge < -0.3 is 10.2 Å². The monoisotopic (exact) mass is 412 g/mol. The molecule has 164 valence electrons. The Balaban J connectivity index is 1.67. The molecule has 3 saturated carbocycles. The predicted molar refractivity (Wildman–Crippen MR) is 117 cm³/mol. The Labute approximate surface area is 180 Å². The molecule has 30 heavy (non-hydrogen) atoms. The van der Waals surface area contributed by atoms with Gasteiger partial charge in [-0.05, 0) is 92.6 Å². The van der Waals surface area contributed by atoms with E-state index in [1.54, 1.807) is 0 Å². The molecule has 0 aromatic rings. The summed E-state index contributed by atoms with van der Waals surface area (Å²) in [6.07, 6.45) is 11.6. The van der Waals surface area contributed by atoms with Crippen molar-refractivity contribution in [1.29, 1.82) is 0 Å². The van der Waals surface area contributed by atoms with Gasteiger partial charge in [-0.1, -0.05) is 25.2 Å². The Morgan fingerprint density at radius 1 is 1.27 bits per heavy atom. The number of hydrogen-bond acceptors (Lipinski definition) is 3. The van der Waals surface area contributed by atoms with Gasteiger partial charge in [0.2, 0.25) is 0 Å². The topological polar surface area (TPSA) is 74.6 Å². The van der Waals surface area contributed by atoms with Crippen LogP contribution in [0.5, 0.6) is 0 Å². The minimum atomic E-state index is -0.990. The first-order chi connectivity index (χ1) is 14.2. The van der Waals surface area contributed by atoms with Crippen molar-refractivity contribution >= 4 is 11.8 Å². The molecule has 0 aromatic carbocycles. The summed E-state index contributed by atoms with van der Waals surface area (Å²) in [4.78, 5) is 23.1. The fourth-order valence-electron chi connectivity index (χ4n) is 8.00. The molecular formula is C26H36O4. The number of rotatable bonds is 6. The summed E-state index contributed by atoms with van der Waals surface area (Å²) < 4.78 is 0. The molecule has 0 amide bonds. The van der Waals surface area contributed by atoms with Gasteiger partial charge in [0.1, 0.15) is 0 Å². The Bertz CT molecular complexity index is 795. The van der Waals surface area contributed by atoms with Gasteiger partial charge in [-0.3, -0.25) is 9.59 Å². The third-order valence-electron chi connectivity index (χ3n) is 9.27. The van der Waals surface area contributed by atoms with Crippen molar-refractivity contribution < 1.29 is 19.8 Å². The highest BCUT2D eigenvalue weighted by Gasteiger charge is 2.64. The second kappa shape index (κ2) is 7.78. The van der Waals surface area contributed by atoms with Gasteiger partial charge in [-0.2, -0.15) is 0 Å². The van der Waals surface area contributed by atoms with Gasteiger partial charge in [-0.25, -0.2) is 0 Å². The van der Waals surface area contributed by atoms with E-state index in [0.29, 0.717) is 54.4 Å². The van der Waals surface area contributed by atoms with E-state index in [0.717, 1.165) is 38.5 Å². The number of carbonyl (C=O) groups excluding carboxylic acids is 1. The average Bonchev–Trinajstić information content (AvgIpc) is 2.97. The molecule has 0 bridgehead atoms. The molecule has 0 spiro atoms. The second-order valence-corrected chi connectivity index (χ2v) is 10.5. The van der Waals surface area contributed by atoms with Crippen LogP contribution in [0.4, 0.5) is 0 Å². The maximum absolute atomic E-state index is 12.0. The van der Waals surface area contributed by atoms with E-state index < -0.39 is 11.6 Å². The quantitative estimate of drug-likeness (QED) is 0.597. The van der Waals surface area contributed by atoms with E-state index in [9.17, 15) is 14.7 Å². The van der Waals surface area contributed by atoms with E-state index in [-0.39, 0.29) is 17.6 Å². The van der Waals surface area contributed by atoms with Gasteiger partial charge >= 0.3 is 5.97 Å². The molecule has 0 radical (unpaired) electrons. The third kappa shape index (κ3) is 3.23. The number of fused-ring (bicyclic) bond motifs is 5. The van der Waals surface area contributed by atoms with Crippen molar-refractivity contribution in [3.63, 3.8) is 0 Å². The summed E-state index contributed by atoms with van der Waals surface area (Å²) in [7, 11) is 0. The number of hydrogen-bond donors (Lipinski definition) is 2. The van der Waals surface area contributed by atoms with E-state index in [1.807, 2.05) is 12.2 Å². The van der Waals surface area contributed by atoms with E-state index in [4.69, 9.17) is 5.11 Å². The van der Waals surface area contributed by atoms with Crippen LogP contribution in [0.15, 0.2) is 36.5 Å². The van der Waals surface area contributed by atoms with E-state index in [1.165, 1.54) is 5.57 Å². The largest absolute Gasteiger partial charge is 0.481 e. The van der Waals surface area contributed by atoms with Crippen molar-refractivity contribution in [1.82, 2.24) is 0 Å². The molecule has 0 saturated heterocycles. The fourth-order valence-corrected chi connectivity index (χ4v) is 8.00. The summed E-state index contributed by atoms with van der Waals surface area (Å²) in [5.41, 5.74) is 0.800. The number of carbonyl (C=O) groups is 2. The zero-order valence-electron chi connectivity index (χ0n) is 18.2. The SMILES string of the molecule is C=CC[C@H]1C[C@@]2(C)[C@@H](CC[C@@]2(O)C(=C)CCC(=O)O)[C@@H]2CCC3=CC(=O)CC[C@@H]3[C@@H]12. The normalized spacial score (nSPS) is 42.5. The van der Waals surface area contributed by atoms with Crippen LogP contribution in [0.2, 0.25) is 0 Å². The van der Waals surface area contributed by atoms with Crippen LogP contribution in [0, 0.1) is 35.0 Å². The summed E-state index contributed by atoms with van der Waals surface area (Å²) in [5.74, 6) is 1.91. The lowest BCUT2D eigenvalue weighted by atomic mass is 9.46. The Morgan fingerprint density at radius 2 is 2.03 bits per heavy atom. The summed E-state index contributed by atoms with van der Waals surface area (Å²) in [5, 5.41) is 21.0. The highest BCUT2D eigenvalue weighted by Crippen LogP contribution is 2.68. The molecule has 4 aliphatic carbocycles. The molecule has 7 atom stereocenters. The first kappa shape index (κ1) is 21.5. The number of carboxylic acids is 1. The van der Waals surface area contributed by atoms with Crippen molar-refractivity contribution in [2.45, 2.75) is 76.7 Å². The number of aliphatic carboxylic acids is 1. The molecule has 4 rings (SSSR count). The van der Waals surface area contributed by atoms with Crippen LogP contribution in [0.1, 0.15) is 71.1 Å². The van der Waals surface area contributed by atoms with Gasteiger partial charge in [0.15, 0.2) is 5.78 Å². The van der Waals surface area contributed by atoms with Crippen LogP contribution in [0.3, 0.4) is 0 Å². The van der Waals surface area contributed by atoms with Gasteiger partial charge in [0, 0.05) is 18.3 Å². The Hall–Kier alpha value is -1.68. The van der Waals surface area contributed by atoms with Crippen molar-refractivity contribution in [2.75, 3.05) is 0 Å². The highest BCUT2D eigenvalue weighted by atomic mass is 16.4. The molecule has 4 nitrogen and oxygen atoms in total. The Kier molecular flexibility index (Phi) is 5.59. The summed E-state index contributed by atoms with van der Waals surface area (Å²) >= 11 is 0. The molecule has 0 aromatic heterocycles. The first-order valence-corrected chi connectivity index (χ1v) is 11.7. The number of aliphatic hydroxyl groups is 1. The molecule has 0 heterocycles. The fraction of sp³-hybridized carbons (Fsp3) is 0.692. The minimum Gasteiger partial charge on any atom is -0.481 e.